The van der Waals surface area contributed by atoms with Gasteiger partial charge in [-0.25, -0.2) is 0 Å². The first-order chi connectivity index (χ1) is 8.24. The van der Waals surface area contributed by atoms with Crippen LogP contribution in [0.4, 0.5) is 0 Å². The number of thiophene rings is 1. The number of nitrogens with one attached hydrogen (secondary N) is 1. The summed E-state index contributed by atoms with van der Waals surface area (Å²) in [6, 6.07) is 2.05. The minimum absolute atomic E-state index is 0.725. The first-order valence-electron chi connectivity index (χ1n) is 6.40. The lowest BCUT2D eigenvalue weighted by atomic mass is 10.1. The molecule has 2 rings (SSSR count). The van der Waals surface area contributed by atoms with Gasteiger partial charge in [0.25, 0.3) is 0 Å². The zero-order valence-electron chi connectivity index (χ0n) is 10.4. The molecule has 1 unspecified atom stereocenters. The molecule has 17 heavy (non-hydrogen) atoms. The van der Waals surface area contributed by atoms with E-state index in [2.05, 4.69) is 17.1 Å². The van der Waals surface area contributed by atoms with E-state index in [1.54, 1.807) is 11.3 Å². The molecule has 1 aromatic rings. The lowest BCUT2D eigenvalue weighted by Gasteiger charge is -2.20. The van der Waals surface area contributed by atoms with E-state index in [0.29, 0.717) is 0 Å². The lowest BCUT2D eigenvalue weighted by molar-refractivity contribution is 0.283. The van der Waals surface area contributed by atoms with Crippen molar-refractivity contribution < 1.29 is 0 Å². The maximum Gasteiger partial charge on any atom is 0.0516 e. The molecule has 2 heterocycles. The highest BCUT2D eigenvalue weighted by Gasteiger charge is 2.14. The van der Waals surface area contributed by atoms with Gasteiger partial charge in [0, 0.05) is 23.3 Å². The molecule has 0 saturated carbocycles. The van der Waals surface area contributed by atoms with Crippen LogP contribution in [0.1, 0.15) is 24.6 Å². The largest absolute Gasteiger partial charge is 0.312 e. The first kappa shape index (κ1) is 13.3. The standard InChI is InChI=1S/C13H21ClN2S/c1-11(9-16-4-2-3-5-16)7-15-8-13-6-12(14)10-17-13/h6,10-11,15H,2-5,7-9H2,1H3. The highest BCUT2D eigenvalue weighted by atomic mass is 35.5. The van der Waals surface area contributed by atoms with Gasteiger partial charge in [-0.2, -0.15) is 0 Å². The predicted octanol–water partition coefficient (Wildman–Crippen LogP) is 3.22. The summed E-state index contributed by atoms with van der Waals surface area (Å²) in [6.07, 6.45) is 2.77. The van der Waals surface area contributed by atoms with Crippen LogP contribution in [0.2, 0.25) is 5.02 Å². The molecular weight excluding hydrogens is 252 g/mol. The van der Waals surface area contributed by atoms with Gasteiger partial charge in [0.05, 0.1) is 5.02 Å². The molecular formula is C13H21ClN2S. The van der Waals surface area contributed by atoms with Crippen molar-refractivity contribution in [3.8, 4) is 0 Å². The third-order valence-electron chi connectivity index (χ3n) is 3.18. The van der Waals surface area contributed by atoms with Gasteiger partial charge in [-0.3, -0.25) is 0 Å². The second-order valence-corrected chi connectivity index (χ2v) is 6.41. The van der Waals surface area contributed by atoms with Crippen LogP contribution in [-0.4, -0.2) is 31.1 Å². The topological polar surface area (TPSA) is 15.3 Å². The Morgan fingerprint density at radius 1 is 1.47 bits per heavy atom. The van der Waals surface area contributed by atoms with Gasteiger partial charge >= 0.3 is 0 Å². The Kier molecular flexibility index (Phi) is 5.29. The molecule has 1 aliphatic rings. The van der Waals surface area contributed by atoms with Crippen LogP contribution in [0.3, 0.4) is 0 Å². The Hall–Kier alpha value is -0.0900. The summed E-state index contributed by atoms with van der Waals surface area (Å²) in [6.45, 7) is 8.19. The molecule has 1 aliphatic heterocycles. The van der Waals surface area contributed by atoms with Crippen molar-refractivity contribution in [2.45, 2.75) is 26.3 Å². The van der Waals surface area contributed by atoms with Crippen molar-refractivity contribution in [2.75, 3.05) is 26.2 Å². The van der Waals surface area contributed by atoms with Crippen LogP contribution >= 0.6 is 22.9 Å². The lowest BCUT2D eigenvalue weighted by Crippen LogP contribution is -2.31. The van der Waals surface area contributed by atoms with Gasteiger partial charge in [0.1, 0.15) is 0 Å². The van der Waals surface area contributed by atoms with E-state index in [4.69, 9.17) is 11.6 Å². The summed E-state index contributed by atoms with van der Waals surface area (Å²) in [5.41, 5.74) is 0. The Labute approximate surface area is 113 Å². The van der Waals surface area contributed by atoms with Crippen molar-refractivity contribution in [1.82, 2.24) is 10.2 Å². The molecule has 0 aliphatic carbocycles. The van der Waals surface area contributed by atoms with Crippen molar-refractivity contribution in [3.05, 3.63) is 21.3 Å². The third-order valence-corrected chi connectivity index (χ3v) is 4.47. The van der Waals surface area contributed by atoms with Crippen molar-refractivity contribution in [2.24, 2.45) is 5.92 Å². The zero-order chi connectivity index (χ0) is 12.1. The normalized spacial score (nSPS) is 18.7. The van der Waals surface area contributed by atoms with Crippen molar-refractivity contribution in [1.29, 1.82) is 0 Å². The minimum Gasteiger partial charge on any atom is -0.312 e. The fraction of sp³-hybridized carbons (Fsp3) is 0.692. The smallest absolute Gasteiger partial charge is 0.0516 e. The first-order valence-corrected chi connectivity index (χ1v) is 7.66. The van der Waals surface area contributed by atoms with Gasteiger partial charge in [0.15, 0.2) is 0 Å². The molecule has 4 heteroatoms. The van der Waals surface area contributed by atoms with Gasteiger partial charge in [0.2, 0.25) is 0 Å². The van der Waals surface area contributed by atoms with Crippen molar-refractivity contribution >= 4 is 22.9 Å². The SMILES string of the molecule is CC(CNCc1cc(Cl)cs1)CN1CCCC1. The highest BCUT2D eigenvalue weighted by molar-refractivity contribution is 7.10. The zero-order valence-corrected chi connectivity index (χ0v) is 12.0. The number of nitrogens with zero attached hydrogens (tertiary/aromatic N) is 1. The van der Waals surface area contributed by atoms with E-state index in [1.807, 2.05) is 11.4 Å². The predicted molar refractivity (Wildman–Crippen MR) is 75.9 cm³/mol. The van der Waals surface area contributed by atoms with E-state index < -0.39 is 0 Å². The molecule has 0 amide bonds. The molecule has 0 aromatic carbocycles. The summed E-state index contributed by atoms with van der Waals surface area (Å²) >= 11 is 7.62. The van der Waals surface area contributed by atoms with Gasteiger partial charge in [-0.15, -0.1) is 11.3 Å². The highest BCUT2D eigenvalue weighted by Crippen LogP contribution is 2.18. The Morgan fingerprint density at radius 2 is 2.24 bits per heavy atom. The number of rotatable bonds is 6. The Morgan fingerprint density at radius 3 is 2.88 bits per heavy atom. The fourth-order valence-corrected chi connectivity index (χ4v) is 3.40. The molecule has 1 N–H and O–H groups in total. The number of halogens is 1. The fourth-order valence-electron chi connectivity index (χ4n) is 2.36. The molecule has 96 valence electrons. The molecule has 2 nitrogen and oxygen atoms in total. The summed E-state index contributed by atoms with van der Waals surface area (Å²) in [4.78, 5) is 3.90. The Bertz CT molecular complexity index is 334. The molecule has 1 aromatic heterocycles. The van der Waals surface area contributed by atoms with Crippen LogP contribution in [0, 0.1) is 5.92 Å². The van der Waals surface area contributed by atoms with Crippen molar-refractivity contribution in [3.63, 3.8) is 0 Å². The number of likely N-dealkylation sites (tertiary alicyclic amines) is 1. The molecule has 0 spiro atoms. The van der Waals surface area contributed by atoms with Gasteiger partial charge in [-0.1, -0.05) is 18.5 Å². The molecule has 0 radical (unpaired) electrons. The monoisotopic (exact) mass is 272 g/mol. The van der Waals surface area contributed by atoms with Crippen LogP contribution in [-0.2, 0) is 6.54 Å². The quantitative estimate of drug-likeness (QED) is 0.855. The van der Waals surface area contributed by atoms with Crippen LogP contribution in [0.25, 0.3) is 0 Å². The van der Waals surface area contributed by atoms with E-state index in [-0.39, 0.29) is 0 Å². The summed E-state index contributed by atoms with van der Waals surface area (Å²) in [7, 11) is 0. The van der Waals surface area contributed by atoms with E-state index in [1.165, 1.54) is 37.4 Å². The summed E-state index contributed by atoms with van der Waals surface area (Å²) in [5, 5.41) is 6.36. The number of hydrogen-bond donors (Lipinski definition) is 1. The van der Waals surface area contributed by atoms with E-state index in [0.717, 1.165) is 24.0 Å². The summed E-state index contributed by atoms with van der Waals surface area (Å²) in [5.74, 6) is 0.725. The van der Waals surface area contributed by atoms with Gasteiger partial charge < -0.3 is 10.2 Å². The second-order valence-electron chi connectivity index (χ2n) is 4.98. The van der Waals surface area contributed by atoms with E-state index >= 15 is 0 Å². The van der Waals surface area contributed by atoms with Crippen LogP contribution < -0.4 is 5.32 Å². The Balaban J connectivity index is 1.60. The minimum atomic E-state index is 0.725. The molecule has 1 fully saturated rings. The maximum atomic E-state index is 5.89. The summed E-state index contributed by atoms with van der Waals surface area (Å²) < 4.78 is 0. The third kappa shape index (κ3) is 4.59. The number of hydrogen-bond acceptors (Lipinski definition) is 3. The maximum absolute atomic E-state index is 5.89. The van der Waals surface area contributed by atoms with Crippen LogP contribution in [0.5, 0.6) is 0 Å². The average molecular weight is 273 g/mol. The second kappa shape index (κ2) is 6.74. The molecule has 1 atom stereocenters. The van der Waals surface area contributed by atoms with Gasteiger partial charge in [-0.05, 0) is 44.5 Å². The average Bonchev–Trinajstić information content (AvgIpc) is 2.90. The van der Waals surface area contributed by atoms with E-state index in [9.17, 15) is 0 Å². The van der Waals surface area contributed by atoms with Crippen LogP contribution in [0.15, 0.2) is 11.4 Å². The molecule has 0 bridgehead atoms. The molecule has 1 saturated heterocycles.